The molecular weight excluding hydrogens is 346 g/mol. The number of unbranched alkanes of at least 4 members (excludes halogenated alkanes) is 1. The Hall–Kier alpha value is -2.60. The maximum atomic E-state index is 13.1. The van der Waals surface area contributed by atoms with E-state index in [-0.39, 0.29) is 5.97 Å². The Balaban J connectivity index is 1.86. The Labute approximate surface area is 168 Å². The van der Waals surface area contributed by atoms with E-state index in [1.165, 1.54) is 0 Å². The minimum Gasteiger partial charge on any atom is -0.465 e. The molecule has 3 unspecified atom stereocenters. The van der Waals surface area contributed by atoms with Crippen LogP contribution in [0.15, 0.2) is 60.7 Å². The van der Waals surface area contributed by atoms with Crippen molar-refractivity contribution in [2.24, 2.45) is 17.8 Å². The van der Waals surface area contributed by atoms with Gasteiger partial charge in [0.15, 0.2) is 0 Å². The molecule has 3 nitrogen and oxygen atoms in total. The van der Waals surface area contributed by atoms with Gasteiger partial charge >= 0.3 is 5.97 Å². The first-order chi connectivity index (χ1) is 13.7. The van der Waals surface area contributed by atoms with Crippen LogP contribution in [0.25, 0.3) is 0 Å². The lowest BCUT2D eigenvalue weighted by Crippen LogP contribution is -2.21. The summed E-state index contributed by atoms with van der Waals surface area (Å²) in [6.07, 6.45) is 4.38. The summed E-state index contributed by atoms with van der Waals surface area (Å²) in [6, 6.07) is 22.2. The fourth-order valence-electron chi connectivity index (χ4n) is 4.39. The van der Waals surface area contributed by atoms with Crippen LogP contribution in [0.3, 0.4) is 0 Å². The summed E-state index contributed by atoms with van der Waals surface area (Å²) in [6.45, 7) is 4.76. The van der Waals surface area contributed by atoms with Crippen molar-refractivity contribution in [2.45, 2.75) is 44.9 Å². The van der Waals surface area contributed by atoms with Gasteiger partial charge in [-0.2, -0.15) is 5.26 Å². The van der Waals surface area contributed by atoms with Gasteiger partial charge in [-0.15, -0.1) is 0 Å². The molecule has 0 saturated heterocycles. The first kappa shape index (κ1) is 20.1. The third kappa shape index (κ3) is 3.69. The molecule has 0 bridgehead atoms. The highest BCUT2D eigenvalue weighted by atomic mass is 16.5. The average molecular weight is 376 g/mol. The SMILES string of the molecule is CCCCC(CC)COC(=O)C1C(C#N)C1(c1ccccc1)c1ccccc1. The van der Waals surface area contributed by atoms with Gasteiger partial charge in [-0.1, -0.05) is 93.8 Å². The highest BCUT2D eigenvalue weighted by molar-refractivity contribution is 5.83. The number of ether oxygens (including phenoxy) is 1. The van der Waals surface area contributed by atoms with Gasteiger partial charge in [-0.05, 0) is 23.5 Å². The summed E-state index contributed by atoms with van der Waals surface area (Å²) in [5, 5.41) is 9.87. The predicted octanol–water partition coefficient (Wildman–Crippen LogP) is 5.50. The molecule has 0 amide bonds. The molecule has 0 radical (unpaired) electrons. The third-order valence-electron chi connectivity index (χ3n) is 6.11. The Morgan fingerprint density at radius 1 is 1.07 bits per heavy atom. The molecule has 0 N–H and O–H groups in total. The van der Waals surface area contributed by atoms with Gasteiger partial charge in [0.25, 0.3) is 0 Å². The lowest BCUT2D eigenvalue weighted by molar-refractivity contribution is -0.147. The van der Waals surface area contributed by atoms with Gasteiger partial charge in [0, 0.05) is 0 Å². The Morgan fingerprint density at radius 2 is 1.64 bits per heavy atom. The molecule has 28 heavy (non-hydrogen) atoms. The number of carbonyl (C=O) groups is 1. The predicted molar refractivity (Wildman–Crippen MR) is 111 cm³/mol. The molecule has 0 aliphatic heterocycles. The molecule has 2 aromatic rings. The molecule has 1 saturated carbocycles. The van der Waals surface area contributed by atoms with Gasteiger partial charge in [0.2, 0.25) is 0 Å². The Bertz CT molecular complexity index is 770. The molecule has 0 aromatic heterocycles. The quantitative estimate of drug-likeness (QED) is 0.544. The van der Waals surface area contributed by atoms with Crippen molar-refractivity contribution in [2.75, 3.05) is 6.61 Å². The zero-order chi connectivity index (χ0) is 20.0. The van der Waals surface area contributed by atoms with E-state index in [1.54, 1.807) is 0 Å². The molecule has 3 heteroatoms. The fourth-order valence-corrected chi connectivity index (χ4v) is 4.39. The molecule has 0 spiro atoms. The van der Waals surface area contributed by atoms with Crippen molar-refractivity contribution < 1.29 is 9.53 Å². The molecule has 146 valence electrons. The molecule has 3 rings (SSSR count). The van der Waals surface area contributed by atoms with Crippen molar-refractivity contribution in [3.05, 3.63) is 71.8 Å². The minimum absolute atomic E-state index is 0.241. The maximum absolute atomic E-state index is 13.1. The zero-order valence-corrected chi connectivity index (χ0v) is 16.8. The first-order valence-electron chi connectivity index (χ1n) is 10.4. The van der Waals surface area contributed by atoms with E-state index in [1.807, 2.05) is 60.7 Å². The van der Waals surface area contributed by atoms with Crippen molar-refractivity contribution >= 4 is 5.97 Å². The van der Waals surface area contributed by atoms with E-state index in [4.69, 9.17) is 4.74 Å². The Morgan fingerprint density at radius 3 is 2.11 bits per heavy atom. The largest absolute Gasteiger partial charge is 0.465 e. The maximum Gasteiger partial charge on any atom is 0.311 e. The fraction of sp³-hybridized carbons (Fsp3) is 0.440. The second-order valence-corrected chi connectivity index (χ2v) is 7.73. The molecule has 2 aromatic carbocycles. The molecule has 3 atom stereocenters. The van der Waals surface area contributed by atoms with E-state index in [2.05, 4.69) is 19.9 Å². The summed E-state index contributed by atoms with van der Waals surface area (Å²) in [5.74, 6) is -0.702. The number of benzene rings is 2. The minimum atomic E-state index is -0.612. The van der Waals surface area contributed by atoms with Crippen molar-refractivity contribution in [3.8, 4) is 6.07 Å². The number of esters is 1. The van der Waals surface area contributed by atoms with E-state index < -0.39 is 17.3 Å². The number of carbonyl (C=O) groups excluding carboxylic acids is 1. The van der Waals surface area contributed by atoms with Crippen LogP contribution in [0.4, 0.5) is 0 Å². The smallest absolute Gasteiger partial charge is 0.311 e. The van der Waals surface area contributed by atoms with E-state index in [0.717, 1.165) is 36.8 Å². The van der Waals surface area contributed by atoms with Gasteiger partial charge in [-0.25, -0.2) is 0 Å². The molecular formula is C25H29NO2. The van der Waals surface area contributed by atoms with Gasteiger partial charge in [0.05, 0.1) is 29.9 Å². The topological polar surface area (TPSA) is 50.1 Å². The van der Waals surface area contributed by atoms with Crippen LogP contribution in [0.2, 0.25) is 0 Å². The number of nitrogens with zero attached hydrogens (tertiary/aromatic N) is 1. The first-order valence-corrected chi connectivity index (χ1v) is 10.4. The van der Waals surface area contributed by atoms with Crippen LogP contribution in [0.1, 0.15) is 50.7 Å². The lowest BCUT2D eigenvalue weighted by atomic mass is 9.84. The number of nitriles is 1. The van der Waals surface area contributed by atoms with E-state index in [0.29, 0.717) is 12.5 Å². The van der Waals surface area contributed by atoms with Crippen LogP contribution in [0.5, 0.6) is 0 Å². The third-order valence-corrected chi connectivity index (χ3v) is 6.11. The standard InChI is InChI=1S/C25H29NO2/c1-3-5-12-19(4-2)18-28-24(27)23-22(17-26)25(23,20-13-8-6-9-14-20)21-15-10-7-11-16-21/h6-11,13-16,19,22-23H,3-5,12,18H2,1-2H3. The lowest BCUT2D eigenvalue weighted by Gasteiger charge is -2.19. The number of hydrogen-bond donors (Lipinski definition) is 0. The van der Waals surface area contributed by atoms with Crippen molar-refractivity contribution in [1.29, 1.82) is 5.26 Å². The second kappa shape index (κ2) is 9.06. The van der Waals surface area contributed by atoms with Crippen molar-refractivity contribution in [1.82, 2.24) is 0 Å². The van der Waals surface area contributed by atoms with Gasteiger partial charge in [-0.3, -0.25) is 4.79 Å². The van der Waals surface area contributed by atoms with E-state index in [9.17, 15) is 10.1 Å². The van der Waals surface area contributed by atoms with Crippen molar-refractivity contribution in [3.63, 3.8) is 0 Å². The zero-order valence-electron chi connectivity index (χ0n) is 16.8. The van der Waals surface area contributed by atoms with Crippen LogP contribution in [-0.4, -0.2) is 12.6 Å². The highest BCUT2D eigenvalue weighted by Crippen LogP contribution is 2.64. The van der Waals surface area contributed by atoms with E-state index >= 15 is 0 Å². The summed E-state index contributed by atoms with van der Waals surface area (Å²) in [5.41, 5.74) is 1.40. The van der Waals surface area contributed by atoms with Gasteiger partial charge < -0.3 is 4.74 Å². The number of hydrogen-bond acceptors (Lipinski definition) is 3. The Kier molecular flexibility index (Phi) is 6.52. The van der Waals surface area contributed by atoms with Gasteiger partial charge in [0.1, 0.15) is 0 Å². The molecule has 0 heterocycles. The summed E-state index contributed by atoms with van der Waals surface area (Å²) in [4.78, 5) is 13.1. The molecule has 1 aliphatic carbocycles. The summed E-state index contributed by atoms with van der Waals surface area (Å²) >= 11 is 0. The van der Waals surface area contributed by atoms with Crippen LogP contribution < -0.4 is 0 Å². The van der Waals surface area contributed by atoms with Crippen LogP contribution in [0, 0.1) is 29.1 Å². The monoisotopic (exact) mass is 375 g/mol. The van der Waals surface area contributed by atoms with Crippen LogP contribution >= 0.6 is 0 Å². The molecule has 1 aliphatic rings. The molecule has 1 fully saturated rings. The normalized spacial score (nSPS) is 20.8. The highest BCUT2D eigenvalue weighted by Gasteiger charge is 2.71. The summed E-state index contributed by atoms with van der Waals surface area (Å²) < 4.78 is 5.76. The second-order valence-electron chi connectivity index (χ2n) is 7.73. The average Bonchev–Trinajstić information content (AvgIpc) is 3.45. The number of rotatable bonds is 9. The van der Waals surface area contributed by atoms with Crippen LogP contribution in [-0.2, 0) is 14.9 Å². The summed E-state index contributed by atoms with van der Waals surface area (Å²) in [7, 11) is 0.